The van der Waals surface area contributed by atoms with E-state index in [1.165, 1.54) is 7.11 Å². The summed E-state index contributed by atoms with van der Waals surface area (Å²) in [5, 5.41) is 3.14. The molecule has 0 aliphatic rings. The van der Waals surface area contributed by atoms with Gasteiger partial charge in [-0.25, -0.2) is 0 Å². The molecule has 0 unspecified atom stereocenters. The van der Waals surface area contributed by atoms with Crippen LogP contribution in [0.4, 0.5) is 0 Å². The second kappa shape index (κ2) is 6.80. The van der Waals surface area contributed by atoms with Crippen molar-refractivity contribution in [3.63, 3.8) is 0 Å². The van der Waals surface area contributed by atoms with Gasteiger partial charge >= 0.3 is 5.97 Å². The third-order valence-electron chi connectivity index (χ3n) is 2.02. The lowest BCUT2D eigenvalue weighted by atomic mass is 10.2. The Morgan fingerprint density at radius 1 is 1.47 bits per heavy atom. The first-order valence-corrected chi connectivity index (χ1v) is 6.30. The van der Waals surface area contributed by atoms with Gasteiger partial charge in [0.05, 0.1) is 18.6 Å². The third kappa shape index (κ3) is 4.51. The Kier molecular flexibility index (Phi) is 5.70. The number of halogens is 2. The van der Waals surface area contributed by atoms with Gasteiger partial charge in [-0.3, -0.25) is 9.59 Å². The van der Waals surface area contributed by atoms with E-state index in [-0.39, 0.29) is 24.8 Å². The van der Waals surface area contributed by atoms with Gasteiger partial charge in [0.1, 0.15) is 0 Å². The summed E-state index contributed by atoms with van der Waals surface area (Å²) in [6.07, 6.45) is 0.153. The Labute approximate surface area is 118 Å². The number of hydrogen-bond donors (Lipinski definition) is 1. The first-order chi connectivity index (χ1) is 8.04. The van der Waals surface area contributed by atoms with Gasteiger partial charge in [-0.05, 0) is 40.8 Å². The zero-order valence-electron chi connectivity index (χ0n) is 9.13. The van der Waals surface area contributed by atoms with E-state index >= 15 is 0 Å². The van der Waals surface area contributed by atoms with Gasteiger partial charge in [0.15, 0.2) is 0 Å². The first-order valence-electron chi connectivity index (χ1n) is 4.84. The molecule has 0 radical (unpaired) electrons. The molecule has 0 fully saturated rings. The molecule has 0 spiro atoms. The van der Waals surface area contributed by atoms with Crippen LogP contribution >= 0.6 is 34.2 Å². The Morgan fingerprint density at radius 3 is 2.76 bits per heavy atom. The lowest BCUT2D eigenvalue weighted by molar-refractivity contribution is -0.140. The van der Waals surface area contributed by atoms with Crippen LogP contribution < -0.4 is 5.32 Å². The van der Waals surface area contributed by atoms with E-state index in [0.717, 1.165) is 3.57 Å². The van der Waals surface area contributed by atoms with Crippen LogP contribution in [0.15, 0.2) is 18.2 Å². The minimum absolute atomic E-state index is 0.153. The van der Waals surface area contributed by atoms with Crippen molar-refractivity contribution in [2.45, 2.75) is 6.42 Å². The molecule has 92 valence electrons. The number of esters is 1. The lowest BCUT2D eigenvalue weighted by Crippen LogP contribution is -2.26. The molecule has 0 aliphatic carbocycles. The minimum Gasteiger partial charge on any atom is -0.469 e. The maximum atomic E-state index is 11.7. The molecule has 1 N–H and O–H groups in total. The van der Waals surface area contributed by atoms with E-state index in [4.69, 9.17) is 11.6 Å². The van der Waals surface area contributed by atoms with E-state index in [2.05, 4.69) is 32.6 Å². The zero-order chi connectivity index (χ0) is 12.8. The van der Waals surface area contributed by atoms with Gasteiger partial charge in [0.25, 0.3) is 5.91 Å². The molecule has 1 aromatic rings. The van der Waals surface area contributed by atoms with E-state index in [1.54, 1.807) is 18.2 Å². The number of amides is 1. The topological polar surface area (TPSA) is 55.4 Å². The second-order valence-electron chi connectivity index (χ2n) is 3.21. The summed E-state index contributed by atoms with van der Waals surface area (Å²) in [7, 11) is 1.31. The van der Waals surface area contributed by atoms with Crippen molar-refractivity contribution in [3.05, 3.63) is 32.4 Å². The predicted molar refractivity (Wildman–Crippen MR) is 73.1 cm³/mol. The van der Waals surface area contributed by atoms with Crippen molar-refractivity contribution in [1.82, 2.24) is 5.32 Å². The SMILES string of the molecule is COC(=O)CCNC(=O)c1ccc(I)c(Cl)c1. The van der Waals surface area contributed by atoms with Crippen molar-refractivity contribution in [1.29, 1.82) is 0 Å². The molecule has 0 aromatic heterocycles. The molecule has 0 saturated heterocycles. The molecule has 1 aromatic carbocycles. The standard InChI is InChI=1S/C11H11ClINO3/c1-17-10(15)4-5-14-11(16)7-2-3-9(13)8(12)6-7/h2-3,6H,4-5H2,1H3,(H,14,16). The number of nitrogens with one attached hydrogen (secondary N) is 1. The van der Waals surface area contributed by atoms with Crippen LogP contribution in [0.5, 0.6) is 0 Å². The fourth-order valence-corrected chi connectivity index (χ4v) is 1.64. The van der Waals surface area contributed by atoms with E-state index in [0.29, 0.717) is 10.6 Å². The van der Waals surface area contributed by atoms with Crippen molar-refractivity contribution in [2.75, 3.05) is 13.7 Å². The average Bonchev–Trinajstić information content (AvgIpc) is 2.32. The van der Waals surface area contributed by atoms with E-state index in [1.807, 2.05) is 0 Å². The van der Waals surface area contributed by atoms with Gasteiger partial charge in [-0.1, -0.05) is 11.6 Å². The van der Waals surface area contributed by atoms with Gasteiger partial charge in [-0.15, -0.1) is 0 Å². The number of ether oxygens (including phenoxy) is 1. The molecule has 0 aliphatic heterocycles. The second-order valence-corrected chi connectivity index (χ2v) is 4.78. The van der Waals surface area contributed by atoms with Crippen molar-refractivity contribution < 1.29 is 14.3 Å². The summed E-state index contributed by atoms with van der Waals surface area (Å²) in [5.74, 6) is -0.613. The molecular weight excluding hydrogens is 356 g/mol. The Hall–Kier alpha value is -0.820. The summed E-state index contributed by atoms with van der Waals surface area (Å²) in [6.45, 7) is 0.245. The predicted octanol–water partition coefficient (Wildman–Crippen LogP) is 2.24. The molecule has 0 heterocycles. The molecule has 1 amide bonds. The van der Waals surface area contributed by atoms with Crippen LogP contribution in [0.2, 0.25) is 5.02 Å². The van der Waals surface area contributed by atoms with Gasteiger partial charge in [0.2, 0.25) is 0 Å². The van der Waals surface area contributed by atoms with Crippen LogP contribution in [0.25, 0.3) is 0 Å². The number of carbonyl (C=O) groups excluding carboxylic acids is 2. The fourth-order valence-electron chi connectivity index (χ4n) is 1.12. The number of carbonyl (C=O) groups is 2. The van der Waals surface area contributed by atoms with Crippen LogP contribution in [0, 0.1) is 3.57 Å². The highest BCUT2D eigenvalue weighted by Crippen LogP contribution is 2.19. The summed E-state index contributed by atoms with van der Waals surface area (Å²) in [4.78, 5) is 22.5. The number of methoxy groups -OCH3 is 1. The smallest absolute Gasteiger partial charge is 0.307 e. The number of hydrogen-bond acceptors (Lipinski definition) is 3. The Morgan fingerprint density at radius 2 is 2.18 bits per heavy atom. The van der Waals surface area contributed by atoms with Gasteiger partial charge in [0, 0.05) is 15.7 Å². The monoisotopic (exact) mass is 367 g/mol. The van der Waals surface area contributed by atoms with Crippen molar-refractivity contribution >= 4 is 46.1 Å². The molecule has 17 heavy (non-hydrogen) atoms. The molecule has 6 heteroatoms. The summed E-state index contributed by atoms with van der Waals surface area (Å²) in [5.41, 5.74) is 0.472. The maximum absolute atomic E-state index is 11.7. The van der Waals surface area contributed by atoms with Gasteiger partial charge < -0.3 is 10.1 Å². The molecule has 0 saturated carbocycles. The molecule has 0 bridgehead atoms. The fraction of sp³-hybridized carbons (Fsp3) is 0.273. The van der Waals surface area contributed by atoms with Crippen LogP contribution in [-0.4, -0.2) is 25.5 Å². The average molecular weight is 368 g/mol. The Bertz CT molecular complexity index is 437. The maximum Gasteiger partial charge on any atom is 0.307 e. The quantitative estimate of drug-likeness (QED) is 0.656. The normalized spacial score (nSPS) is 9.82. The highest BCUT2D eigenvalue weighted by molar-refractivity contribution is 14.1. The molecule has 0 atom stereocenters. The van der Waals surface area contributed by atoms with Crippen molar-refractivity contribution in [3.8, 4) is 0 Å². The Balaban J connectivity index is 2.52. The lowest BCUT2D eigenvalue weighted by Gasteiger charge is -2.05. The summed E-state index contributed by atoms with van der Waals surface area (Å²) in [6, 6.07) is 5.04. The van der Waals surface area contributed by atoms with E-state index < -0.39 is 0 Å². The molecular formula is C11H11ClINO3. The third-order valence-corrected chi connectivity index (χ3v) is 3.60. The van der Waals surface area contributed by atoms with Crippen LogP contribution in [-0.2, 0) is 9.53 Å². The largest absolute Gasteiger partial charge is 0.469 e. The minimum atomic E-state index is -0.356. The highest BCUT2D eigenvalue weighted by Gasteiger charge is 2.08. The van der Waals surface area contributed by atoms with E-state index in [9.17, 15) is 9.59 Å². The molecule has 1 rings (SSSR count). The summed E-state index contributed by atoms with van der Waals surface area (Å²) < 4.78 is 5.34. The van der Waals surface area contributed by atoms with Gasteiger partial charge in [-0.2, -0.15) is 0 Å². The summed E-state index contributed by atoms with van der Waals surface area (Å²) >= 11 is 7.99. The highest BCUT2D eigenvalue weighted by atomic mass is 127. The first kappa shape index (κ1) is 14.2. The molecule has 4 nitrogen and oxygen atoms in total. The number of benzene rings is 1. The van der Waals surface area contributed by atoms with Crippen LogP contribution in [0.1, 0.15) is 16.8 Å². The zero-order valence-corrected chi connectivity index (χ0v) is 12.0. The number of rotatable bonds is 4. The van der Waals surface area contributed by atoms with Crippen molar-refractivity contribution in [2.24, 2.45) is 0 Å². The van der Waals surface area contributed by atoms with Crippen LogP contribution in [0.3, 0.4) is 0 Å².